The minimum absolute atomic E-state index is 0.0506. The quantitative estimate of drug-likeness (QED) is 0.830. The van der Waals surface area contributed by atoms with Crippen molar-refractivity contribution in [1.29, 1.82) is 0 Å². The lowest BCUT2D eigenvalue weighted by molar-refractivity contribution is 0.0378. The normalized spacial score (nSPS) is 18.6. The smallest absolute Gasteiger partial charge is 0.135 e. The topological polar surface area (TPSA) is 67.3 Å². The third-order valence-electron chi connectivity index (χ3n) is 3.37. The Balaban J connectivity index is 2.21. The maximum atomic E-state index is 9.66. The number of aromatic nitrogens is 2. The van der Waals surface area contributed by atoms with E-state index in [2.05, 4.69) is 15.3 Å². The van der Waals surface area contributed by atoms with Gasteiger partial charge < -0.3 is 15.2 Å². The summed E-state index contributed by atoms with van der Waals surface area (Å²) in [6.07, 6.45) is 1.50. The summed E-state index contributed by atoms with van der Waals surface area (Å²) in [6, 6.07) is 1.69. The Morgan fingerprint density at radius 2 is 2.11 bits per heavy atom. The highest BCUT2D eigenvalue weighted by Gasteiger charge is 2.32. The largest absolute Gasteiger partial charge is 0.394 e. The zero-order valence-corrected chi connectivity index (χ0v) is 12.1. The summed E-state index contributed by atoms with van der Waals surface area (Å²) in [5, 5.41) is 13.4. The van der Waals surface area contributed by atoms with Crippen LogP contribution in [0, 0.1) is 0 Å². The number of ether oxygens (including phenoxy) is 1. The Morgan fingerprint density at radius 1 is 1.42 bits per heavy atom. The molecule has 1 aliphatic rings. The van der Waals surface area contributed by atoms with Gasteiger partial charge in [-0.1, -0.05) is 25.4 Å². The zero-order valence-electron chi connectivity index (χ0n) is 11.3. The molecule has 2 N–H and O–H groups in total. The number of anilines is 1. The number of nitrogens with zero attached hydrogens (tertiary/aromatic N) is 2. The number of nitrogens with one attached hydrogen (secondary N) is 1. The molecule has 1 aromatic rings. The van der Waals surface area contributed by atoms with E-state index in [-0.39, 0.29) is 18.1 Å². The summed E-state index contributed by atoms with van der Waals surface area (Å²) >= 11 is 6.02. The van der Waals surface area contributed by atoms with E-state index in [9.17, 15) is 5.11 Å². The molecule has 1 fully saturated rings. The van der Waals surface area contributed by atoms with Crippen molar-refractivity contribution in [3.05, 3.63) is 17.0 Å². The summed E-state index contributed by atoms with van der Waals surface area (Å²) in [5.74, 6) is 1.58. The number of rotatable bonds is 4. The second kappa shape index (κ2) is 6.03. The maximum absolute atomic E-state index is 9.66. The van der Waals surface area contributed by atoms with Gasteiger partial charge in [-0.15, -0.1) is 0 Å². The van der Waals surface area contributed by atoms with Gasteiger partial charge in [-0.3, -0.25) is 0 Å². The average molecular weight is 286 g/mol. The molecule has 6 heteroatoms. The molecular formula is C13H20ClN3O2. The van der Waals surface area contributed by atoms with Gasteiger partial charge in [0.1, 0.15) is 16.8 Å². The van der Waals surface area contributed by atoms with Crippen molar-refractivity contribution in [2.75, 3.05) is 25.1 Å². The van der Waals surface area contributed by atoms with Gasteiger partial charge in [-0.2, -0.15) is 0 Å². The second-order valence-corrected chi connectivity index (χ2v) is 5.65. The lowest BCUT2D eigenvalue weighted by atomic mass is 9.91. The van der Waals surface area contributed by atoms with E-state index in [1.165, 1.54) is 0 Å². The molecule has 0 unspecified atom stereocenters. The van der Waals surface area contributed by atoms with Crippen LogP contribution in [-0.2, 0) is 4.74 Å². The molecule has 106 valence electrons. The van der Waals surface area contributed by atoms with Crippen molar-refractivity contribution in [3.8, 4) is 0 Å². The highest BCUT2D eigenvalue weighted by atomic mass is 35.5. The standard InChI is InChI=1S/C13H20ClN3O2/c1-9(2)12-15-10(14)7-11(16-12)17-13(8-18)3-5-19-6-4-13/h7,9,18H,3-6,8H2,1-2H3,(H,15,16,17). The predicted molar refractivity (Wildman–Crippen MR) is 74.6 cm³/mol. The summed E-state index contributed by atoms with van der Waals surface area (Å²) in [6.45, 7) is 5.37. The molecular weight excluding hydrogens is 266 g/mol. The monoisotopic (exact) mass is 285 g/mol. The average Bonchev–Trinajstić information content (AvgIpc) is 2.39. The summed E-state index contributed by atoms with van der Waals surface area (Å²) < 4.78 is 5.34. The van der Waals surface area contributed by atoms with Crippen molar-refractivity contribution in [2.24, 2.45) is 0 Å². The van der Waals surface area contributed by atoms with Crippen LogP contribution in [0.5, 0.6) is 0 Å². The maximum Gasteiger partial charge on any atom is 0.135 e. The van der Waals surface area contributed by atoms with E-state index in [0.717, 1.165) is 12.8 Å². The Bertz CT molecular complexity index is 434. The Kier molecular flexibility index (Phi) is 4.60. The molecule has 0 aliphatic carbocycles. The van der Waals surface area contributed by atoms with Gasteiger partial charge in [-0.05, 0) is 12.8 Å². The SMILES string of the molecule is CC(C)c1nc(Cl)cc(NC2(CO)CCOCC2)n1. The van der Waals surface area contributed by atoms with Gasteiger partial charge in [0.15, 0.2) is 0 Å². The van der Waals surface area contributed by atoms with Gasteiger partial charge in [0.25, 0.3) is 0 Å². The summed E-state index contributed by atoms with van der Waals surface area (Å²) in [4.78, 5) is 8.66. The predicted octanol–water partition coefficient (Wildman–Crippen LogP) is 2.21. The molecule has 0 radical (unpaired) electrons. The zero-order chi connectivity index (χ0) is 13.9. The van der Waals surface area contributed by atoms with E-state index in [1.54, 1.807) is 6.07 Å². The van der Waals surface area contributed by atoms with Crippen LogP contribution in [0.1, 0.15) is 38.4 Å². The Morgan fingerprint density at radius 3 is 2.68 bits per heavy atom. The number of aliphatic hydroxyl groups excluding tert-OH is 1. The van der Waals surface area contributed by atoms with Crippen LogP contribution < -0.4 is 5.32 Å². The van der Waals surface area contributed by atoms with Crippen molar-refractivity contribution in [1.82, 2.24) is 9.97 Å². The van der Waals surface area contributed by atoms with Crippen molar-refractivity contribution >= 4 is 17.4 Å². The fraction of sp³-hybridized carbons (Fsp3) is 0.692. The molecule has 1 aromatic heterocycles. The highest BCUT2D eigenvalue weighted by molar-refractivity contribution is 6.29. The van der Waals surface area contributed by atoms with Gasteiger partial charge >= 0.3 is 0 Å². The van der Waals surface area contributed by atoms with Crippen LogP contribution in [0.2, 0.25) is 5.15 Å². The van der Waals surface area contributed by atoms with Gasteiger partial charge in [0, 0.05) is 25.2 Å². The minimum Gasteiger partial charge on any atom is -0.394 e. The minimum atomic E-state index is -0.371. The first-order chi connectivity index (χ1) is 9.04. The Labute approximate surface area is 118 Å². The van der Waals surface area contributed by atoms with E-state index in [4.69, 9.17) is 16.3 Å². The van der Waals surface area contributed by atoms with Gasteiger partial charge in [0.2, 0.25) is 0 Å². The molecule has 0 saturated carbocycles. The molecule has 1 aliphatic heterocycles. The molecule has 0 amide bonds. The van der Waals surface area contributed by atoms with Crippen LogP contribution in [0.25, 0.3) is 0 Å². The van der Waals surface area contributed by atoms with E-state index in [0.29, 0.717) is 30.0 Å². The molecule has 2 rings (SSSR count). The number of hydrogen-bond acceptors (Lipinski definition) is 5. The Hall–Kier alpha value is -0.910. The number of halogens is 1. The van der Waals surface area contributed by atoms with Crippen LogP contribution >= 0.6 is 11.6 Å². The molecule has 1 saturated heterocycles. The number of hydrogen-bond donors (Lipinski definition) is 2. The summed E-state index contributed by atoms with van der Waals surface area (Å²) in [7, 11) is 0. The van der Waals surface area contributed by atoms with Crippen LogP contribution in [0.15, 0.2) is 6.07 Å². The number of aliphatic hydroxyl groups is 1. The third kappa shape index (κ3) is 3.55. The first-order valence-electron chi connectivity index (χ1n) is 6.56. The van der Waals surface area contributed by atoms with Gasteiger partial charge in [-0.25, -0.2) is 9.97 Å². The van der Waals surface area contributed by atoms with Crippen LogP contribution in [-0.4, -0.2) is 40.4 Å². The lowest BCUT2D eigenvalue weighted by Gasteiger charge is -2.36. The molecule has 5 nitrogen and oxygen atoms in total. The van der Waals surface area contributed by atoms with E-state index in [1.807, 2.05) is 13.8 Å². The lowest BCUT2D eigenvalue weighted by Crippen LogP contribution is -2.47. The molecule has 19 heavy (non-hydrogen) atoms. The first kappa shape index (κ1) is 14.5. The molecule has 2 heterocycles. The fourth-order valence-corrected chi connectivity index (χ4v) is 2.30. The summed E-state index contributed by atoms with van der Waals surface area (Å²) in [5.41, 5.74) is -0.371. The van der Waals surface area contributed by atoms with E-state index < -0.39 is 0 Å². The van der Waals surface area contributed by atoms with Crippen molar-refractivity contribution < 1.29 is 9.84 Å². The molecule has 0 atom stereocenters. The second-order valence-electron chi connectivity index (χ2n) is 5.26. The molecule has 0 spiro atoms. The fourth-order valence-electron chi connectivity index (χ4n) is 2.11. The van der Waals surface area contributed by atoms with Crippen molar-refractivity contribution in [3.63, 3.8) is 0 Å². The molecule has 0 aromatic carbocycles. The van der Waals surface area contributed by atoms with Crippen LogP contribution in [0.4, 0.5) is 5.82 Å². The van der Waals surface area contributed by atoms with Crippen molar-refractivity contribution in [2.45, 2.75) is 38.1 Å². The van der Waals surface area contributed by atoms with Gasteiger partial charge in [0.05, 0.1) is 12.1 Å². The molecule has 0 bridgehead atoms. The van der Waals surface area contributed by atoms with Crippen LogP contribution in [0.3, 0.4) is 0 Å². The highest BCUT2D eigenvalue weighted by Crippen LogP contribution is 2.26. The van der Waals surface area contributed by atoms with E-state index >= 15 is 0 Å². The first-order valence-corrected chi connectivity index (χ1v) is 6.94. The third-order valence-corrected chi connectivity index (χ3v) is 3.57.